The topological polar surface area (TPSA) is 92.8 Å². The summed E-state index contributed by atoms with van der Waals surface area (Å²) in [7, 11) is 0. The number of carbonyl (C=O) groups is 4. The van der Waals surface area contributed by atoms with Gasteiger partial charge in [0.2, 0.25) is 11.8 Å². The number of aryl methyl sites for hydroxylation is 1. The van der Waals surface area contributed by atoms with E-state index in [2.05, 4.69) is 5.32 Å². The predicted molar refractivity (Wildman–Crippen MR) is 110 cm³/mol. The lowest BCUT2D eigenvalue weighted by atomic mass is 9.80. The molecular formula is C21H22Cl2N2O5. The summed E-state index contributed by atoms with van der Waals surface area (Å²) < 4.78 is 4.96. The molecular weight excluding hydrogens is 431 g/mol. The molecule has 9 heteroatoms. The third-order valence-electron chi connectivity index (χ3n) is 6.38. The van der Waals surface area contributed by atoms with E-state index in [1.165, 1.54) is 0 Å². The van der Waals surface area contributed by atoms with Crippen LogP contribution in [0.4, 0.5) is 5.69 Å². The molecule has 6 atom stereocenters. The van der Waals surface area contributed by atoms with Gasteiger partial charge in [0.1, 0.15) is 6.54 Å². The quantitative estimate of drug-likeness (QED) is 0.405. The maximum absolute atomic E-state index is 12.7. The first-order chi connectivity index (χ1) is 14.3. The smallest absolute Gasteiger partial charge is 0.326 e. The average Bonchev–Trinajstić information content (AvgIpc) is 3.34. The fraction of sp³-hybridized carbons (Fsp3) is 0.524. The Bertz CT molecular complexity index is 858. The lowest BCUT2D eigenvalue weighted by Crippen LogP contribution is -2.38. The van der Waals surface area contributed by atoms with E-state index < -0.39 is 48.7 Å². The minimum absolute atomic E-state index is 0.147. The molecule has 3 fully saturated rings. The zero-order valence-corrected chi connectivity index (χ0v) is 17.9. The van der Waals surface area contributed by atoms with Gasteiger partial charge in [-0.3, -0.25) is 24.1 Å². The van der Waals surface area contributed by atoms with Crippen molar-refractivity contribution in [1.29, 1.82) is 0 Å². The molecule has 1 aliphatic heterocycles. The summed E-state index contributed by atoms with van der Waals surface area (Å²) in [5.41, 5.74) is 1.73. The molecule has 3 amide bonds. The van der Waals surface area contributed by atoms with Crippen LogP contribution in [-0.4, -0.2) is 52.5 Å². The normalized spacial score (nSPS) is 31.8. The molecule has 2 saturated carbocycles. The van der Waals surface area contributed by atoms with Crippen molar-refractivity contribution in [2.75, 3.05) is 18.5 Å². The maximum Gasteiger partial charge on any atom is 0.326 e. The molecule has 2 bridgehead atoms. The van der Waals surface area contributed by atoms with Crippen LogP contribution in [0.15, 0.2) is 24.3 Å². The van der Waals surface area contributed by atoms with Crippen molar-refractivity contribution in [1.82, 2.24) is 4.90 Å². The van der Waals surface area contributed by atoms with Gasteiger partial charge < -0.3 is 10.1 Å². The second-order valence-corrected chi connectivity index (χ2v) is 9.03. The Kier molecular flexibility index (Phi) is 5.77. The van der Waals surface area contributed by atoms with E-state index in [1.807, 2.05) is 19.1 Å². The van der Waals surface area contributed by atoms with Crippen molar-refractivity contribution in [3.8, 4) is 0 Å². The number of fused-ring (bicyclic) bond motifs is 5. The monoisotopic (exact) mass is 452 g/mol. The summed E-state index contributed by atoms with van der Waals surface area (Å²) in [5, 5.41) is 1.93. The van der Waals surface area contributed by atoms with E-state index in [0.717, 1.165) is 16.9 Å². The van der Waals surface area contributed by atoms with Gasteiger partial charge in [-0.05, 0) is 42.4 Å². The Hall–Kier alpha value is -2.12. The van der Waals surface area contributed by atoms with Crippen LogP contribution >= 0.6 is 23.2 Å². The molecule has 0 aromatic heterocycles. The van der Waals surface area contributed by atoms with Crippen molar-refractivity contribution in [2.24, 2.45) is 23.7 Å². The number of carbonyl (C=O) groups excluding carboxylic acids is 4. The van der Waals surface area contributed by atoms with Gasteiger partial charge in [-0.15, -0.1) is 23.2 Å². The molecule has 4 rings (SSSR count). The van der Waals surface area contributed by atoms with Crippen molar-refractivity contribution < 1.29 is 23.9 Å². The Morgan fingerprint density at radius 1 is 1.07 bits per heavy atom. The van der Waals surface area contributed by atoms with Crippen LogP contribution in [0.3, 0.4) is 0 Å². The molecule has 0 radical (unpaired) electrons. The number of rotatable bonds is 6. The van der Waals surface area contributed by atoms with Gasteiger partial charge >= 0.3 is 5.97 Å². The Morgan fingerprint density at radius 3 is 2.17 bits per heavy atom. The highest BCUT2D eigenvalue weighted by molar-refractivity contribution is 6.31. The maximum atomic E-state index is 12.7. The molecule has 0 spiro atoms. The number of ether oxygens (including phenoxy) is 1. The largest absolute Gasteiger partial charge is 0.454 e. The number of likely N-dealkylation sites (tertiary alicyclic amines) is 1. The van der Waals surface area contributed by atoms with Crippen LogP contribution < -0.4 is 5.32 Å². The van der Waals surface area contributed by atoms with E-state index in [4.69, 9.17) is 27.9 Å². The van der Waals surface area contributed by atoms with Gasteiger partial charge in [0.25, 0.3) is 5.91 Å². The van der Waals surface area contributed by atoms with Crippen LogP contribution in [0.1, 0.15) is 18.9 Å². The fourth-order valence-electron chi connectivity index (χ4n) is 4.91. The summed E-state index contributed by atoms with van der Waals surface area (Å²) in [4.78, 5) is 50.5. The van der Waals surface area contributed by atoms with Crippen molar-refractivity contribution in [3.63, 3.8) is 0 Å². The summed E-state index contributed by atoms with van der Waals surface area (Å²) in [6.07, 6.45) is 1.55. The van der Waals surface area contributed by atoms with E-state index >= 15 is 0 Å². The number of hydrogen-bond acceptors (Lipinski definition) is 5. The number of benzene rings is 1. The Morgan fingerprint density at radius 2 is 1.63 bits per heavy atom. The van der Waals surface area contributed by atoms with E-state index in [-0.39, 0.29) is 22.6 Å². The first-order valence-corrected chi connectivity index (χ1v) is 10.9. The van der Waals surface area contributed by atoms with Crippen molar-refractivity contribution >= 4 is 52.6 Å². The van der Waals surface area contributed by atoms with Crippen LogP contribution in [-0.2, 0) is 30.3 Å². The summed E-state index contributed by atoms with van der Waals surface area (Å²) in [6.45, 7) is 1.02. The van der Waals surface area contributed by atoms with Gasteiger partial charge in [0.15, 0.2) is 6.61 Å². The summed E-state index contributed by atoms with van der Waals surface area (Å²) in [5.74, 6) is -3.43. The summed E-state index contributed by atoms with van der Waals surface area (Å²) in [6, 6.07) is 7.32. The van der Waals surface area contributed by atoms with Crippen LogP contribution in [0.5, 0.6) is 0 Å². The third-order valence-corrected chi connectivity index (χ3v) is 7.70. The summed E-state index contributed by atoms with van der Waals surface area (Å²) >= 11 is 12.6. The number of nitrogens with zero attached hydrogens (tertiary/aromatic N) is 1. The first-order valence-electron chi connectivity index (χ1n) is 9.99. The highest BCUT2D eigenvalue weighted by atomic mass is 35.5. The highest BCUT2D eigenvalue weighted by Gasteiger charge is 2.66. The molecule has 1 heterocycles. The fourth-order valence-corrected chi connectivity index (χ4v) is 5.80. The number of hydrogen-bond donors (Lipinski definition) is 1. The standard InChI is InChI=1S/C21H22Cl2N2O5/c1-2-10-3-5-11(6-4-10)24-14(26)9-30-15(27)8-25-20(28)16-12-7-13(17(16)21(25)29)19(23)18(12)22/h3-6,12-13,16-19H,2,7-9H2,1H3,(H,24,26)/t12-,13-,16-,17-,18-,19+/m1/s1. The number of imide groups is 1. The van der Waals surface area contributed by atoms with E-state index in [9.17, 15) is 19.2 Å². The minimum atomic E-state index is -0.814. The minimum Gasteiger partial charge on any atom is -0.454 e. The average molecular weight is 453 g/mol. The number of alkyl halides is 2. The molecule has 0 unspecified atom stereocenters. The molecule has 7 nitrogen and oxygen atoms in total. The molecule has 1 saturated heterocycles. The van der Waals surface area contributed by atoms with Gasteiger partial charge in [-0.1, -0.05) is 19.1 Å². The first kappa shape index (κ1) is 21.1. The van der Waals surface area contributed by atoms with Gasteiger partial charge in [-0.25, -0.2) is 0 Å². The zero-order valence-electron chi connectivity index (χ0n) is 16.3. The molecule has 3 aliphatic rings. The molecule has 30 heavy (non-hydrogen) atoms. The van der Waals surface area contributed by atoms with Gasteiger partial charge in [-0.2, -0.15) is 0 Å². The number of esters is 1. The number of halogens is 2. The second kappa shape index (κ2) is 8.19. The number of nitrogens with one attached hydrogen (secondary N) is 1. The van der Waals surface area contributed by atoms with Crippen molar-refractivity contribution in [3.05, 3.63) is 29.8 Å². The zero-order chi connectivity index (χ0) is 21.6. The van der Waals surface area contributed by atoms with E-state index in [1.54, 1.807) is 12.1 Å². The molecule has 2 aliphatic carbocycles. The molecule has 1 N–H and O–H groups in total. The van der Waals surface area contributed by atoms with Crippen molar-refractivity contribution in [2.45, 2.75) is 30.5 Å². The van der Waals surface area contributed by atoms with Crippen LogP contribution in [0, 0.1) is 23.7 Å². The second-order valence-electron chi connectivity index (χ2n) is 8.03. The van der Waals surface area contributed by atoms with Crippen LogP contribution in [0.25, 0.3) is 0 Å². The third kappa shape index (κ3) is 3.58. The van der Waals surface area contributed by atoms with Gasteiger partial charge in [0.05, 0.1) is 22.6 Å². The molecule has 1 aromatic rings. The predicted octanol–water partition coefficient (Wildman–Crippen LogP) is 2.20. The Balaban J connectivity index is 1.29. The number of anilines is 1. The lowest BCUT2D eigenvalue weighted by Gasteiger charge is -2.28. The van der Waals surface area contributed by atoms with Gasteiger partial charge in [0, 0.05) is 5.69 Å². The molecule has 160 valence electrons. The highest BCUT2D eigenvalue weighted by Crippen LogP contribution is 2.59. The van der Waals surface area contributed by atoms with E-state index in [0.29, 0.717) is 12.1 Å². The lowest BCUT2D eigenvalue weighted by molar-refractivity contribution is -0.154. The van der Waals surface area contributed by atoms with Crippen LogP contribution in [0.2, 0.25) is 0 Å². The SMILES string of the molecule is CCc1ccc(NC(=O)COC(=O)CN2C(=O)[C@@H]3[C@H]4C[C@@H]([C@@H](Cl)[C@H]4Cl)[C@H]3C2=O)cc1. The number of amides is 3. The Labute approximate surface area is 184 Å². The molecule has 1 aromatic carbocycles.